The first-order chi connectivity index (χ1) is 19.9. The molecule has 1 aromatic carbocycles. The third-order valence-corrected chi connectivity index (χ3v) is 7.97. The predicted molar refractivity (Wildman–Crippen MR) is 146 cm³/mol. The Morgan fingerprint density at radius 3 is 2.55 bits per heavy atom. The molecule has 1 N–H and O–H groups in total. The quantitative estimate of drug-likeness (QED) is 0.296. The second kappa shape index (κ2) is 10.7. The van der Waals surface area contributed by atoms with Gasteiger partial charge >= 0.3 is 5.69 Å². The van der Waals surface area contributed by atoms with E-state index in [-0.39, 0.29) is 34.9 Å². The highest BCUT2D eigenvalue weighted by atomic mass is 32.2. The average Bonchev–Trinajstić information content (AvgIpc) is 3.43. The lowest BCUT2D eigenvalue weighted by Gasteiger charge is -2.19. The number of aromatic nitrogens is 7. The SMILES string of the molecule is Cc1ccnc(C(C)C)c1-n1c(=O)nc(CCS(=O)(=O)n2cnc(C#N)n2)c2cc(F)c(-c3c(O)cccc3F)nc21. The molecule has 0 unspecified atom stereocenters. The summed E-state index contributed by atoms with van der Waals surface area (Å²) in [7, 11) is -4.15. The number of phenolic OH excluding ortho intramolecular Hbond substituents is 1. The fraction of sp³-hybridized carbons (Fsp3) is 0.222. The van der Waals surface area contributed by atoms with Crippen LogP contribution in [0.5, 0.6) is 5.75 Å². The molecule has 42 heavy (non-hydrogen) atoms. The molecule has 0 fully saturated rings. The Morgan fingerprint density at radius 1 is 1.12 bits per heavy atom. The molecule has 12 nitrogen and oxygen atoms in total. The molecule has 5 rings (SSSR count). The van der Waals surface area contributed by atoms with Crippen molar-refractivity contribution in [1.29, 1.82) is 5.26 Å². The van der Waals surface area contributed by atoms with Gasteiger partial charge in [0.2, 0.25) is 0 Å². The van der Waals surface area contributed by atoms with Crippen molar-refractivity contribution in [3.8, 4) is 28.8 Å². The van der Waals surface area contributed by atoms with E-state index in [0.717, 1.165) is 23.0 Å². The van der Waals surface area contributed by atoms with Crippen LogP contribution in [0.1, 0.15) is 42.5 Å². The van der Waals surface area contributed by atoms with Crippen LogP contribution in [0.4, 0.5) is 8.78 Å². The van der Waals surface area contributed by atoms with Crippen LogP contribution in [0.25, 0.3) is 28.0 Å². The van der Waals surface area contributed by atoms with Gasteiger partial charge in [0.05, 0.1) is 28.4 Å². The Morgan fingerprint density at radius 2 is 1.88 bits per heavy atom. The number of hydrogen-bond donors (Lipinski definition) is 1. The summed E-state index contributed by atoms with van der Waals surface area (Å²) in [5, 5.41) is 22.8. The number of benzene rings is 1. The summed E-state index contributed by atoms with van der Waals surface area (Å²) in [5.41, 5.74) is -0.706. The molecule has 214 valence electrons. The number of hydrogen-bond acceptors (Lipinski definition) is 10. The van der Waals surface area contributed by atoms with Crippen molar-refractivity contribution >= 4 is 21.1 Å². The first kappa shape index (κ1) is 28.4. The zero-order valence-corrected chi connectivity index (χ0v) is 23.3. The minimum atomic E-state index is -4.15. The summed E-state index contributed by atoms with van der Waals surface area (Å²) in [4.78, 5) is 30.1. The monoisotopic (exact) mass is 592 g/mol. The van der Waals surface area contributed by atoms with Crippen molar-refractivity contribution in [3.63, 3.8) is 0 Å². The number of fused-ring (bicyclic) bond motifs is 1. The number of nitriles is 1. The third kappa shape index (κ3) is 4.96. The van der Waals surface area contributed by atoms with Crippen molar-refractivity contribution in [2.75, 3.05) is 5.75 Å². The molecule has 0 saturated carbocycles. The minimum absolute atomic E-state index is 0.0175. The van der Waals surface area contributed by atoms with Crippen molar-refractivity contribution in [2.45, 2.75) is 33.1 Å². The van der Waals surface area contributed by atoms with E-state index in [0.29, 0.717) is 21.0 Å². The Hall–Kier alpha value is -5.10. The first-order valence-corrected chi connectivity index (χ1v) is 14.1. The predicted octanol–water partition coefficient (Wildman–Crippen LogP) is 3.14. The Balaban J connectivity index is 1.78. The number of aryl methyl sites for hydroxylation is 2. The molecule has 0 saturated heterocycles. The number of nitrogens with zero attached hydrogens (tertiary/aromatic N) is 8. The van der Waals surface area contributed by atoms with Crippen LogP contribution in [-0.2, 0) is 16.4 Å². The summed E-state index contributed by atoms with van der Waals surface area (Å²) >= 11 is 0. The molecule has 0 atom stereocenters. The lowest BCUT2D eigenvalue weighted by molar-refractivity contribution is 0.470. The van der Waals surface area contributed by atoms with E-state index >= 15 is 4.39 Å². The summed E-state index contributed by atoms with van der Waals surface area (Å²) in [6.07, 6.45) is 2.07. The molecule has 0 aliphatic heterocycles. The van der Waals surface area contributed by atoms with Crippen LogP contribution in [0, 0.1) is 29.9 Å². The molecule has 0 amide bonds. The number of phenols is 1. The average molecular weight is 593 g/mol. The molecule has 4 aromatic heterocycles. The number of halogens is 2. The maximum atomic E-state index is 15.6. The molecule has 0 spiro atoms. The van der Waals surface area contributed by atoms with E-state index in [1.807, 2.05) is 13.8 Å². The zero-order chi connectivity index (χ0) is 30.3. The van der Waals surface area contributed by atoms with Crippen LogP contribution in [0.15, 0.2) is 47.7 Å². The first-order valence-electron chi connectivity index (χ1n) is 12.5. The topological polar surface area (TPSA) is 170 Å². The highest BCUT2D eigenvalue weighted by Crippen LogP contribution is 2.35. The van der Waals surface area contributed by atoms with Gasteiger partial charge in [0.15, 0.2) is 11.5 Å². The van der Waals surface area contributed by atoms with E-state index < -0.39 is 50.1 Å². The van der Waals surface area contributed by atoms with Crippen LogP contribution >= 0.6 is 0 Å². The van der Waals surface area contributed by atoms with Crippen LogP contribution < -0.4 is 5.69 Å². The number of pyridine rings is 2. The number of aromatic hydroxyl groups is 1. The molecule has 0 radical (unpaired) electrons. The molecular weight excluding hydrogens is 570 g/mol. The second-order valence-corrected chi connectivity index (χ2v) is 11.6. The fourth-order valence-corrected chi connectivity index (χ4v) is 5.56. The van der Waals surface area contributed by atoms with E-state index in [1.165, 1.54) is 12.1 Å². The van der Waals surface area contributed by atoms with Gasteiger partial charge < -0.3 is 5.11 Å². The van der Waals surface area contributed by atoms with Gasteiger partial charge in [-0.25, -0.2) is 36.5 Å². The summed E-state index contributed by atoms with van der Waals surface area (Å²) in [6.45, 7) is 5.47. The lowest BCUT2D eigenvalue weighted by atomic mass is 10.0. The zero-order valence-electron chi connectivity index (χ0n) is 22.4. The summed E-state index contributed by atoms with van der Waals surface area (Å²) in [6, 6.07) is 7.71. The maximum Gasteiger partial charge on any atom is 0.354 e. The normalized spacial score (nSPS) is 11.7. The molecule has 15 heteroatoms. The van der Waals surface area contributed by atoms with E-state index in [2.05, 4.69) is 25.0 Å². The van der Waals surface area contributed by atoms with Crippen molar-refractivity contribution in [1.82, 2.24) is 33.7 Å². The van der Waals surface area contributed by atoms with Crippen molar-refractivity contribution < 1.29 is 22.3 Å². The van der Waals surface area contributed by atoms with Gasteiger partial charge in [-0.3, -0.25) is 4.98 Å². The van der Waals surface area contributed by atoms with E-state index in [9.17, 15) is 22.7 Å². The Labute approximate surface area is 237 Å². The summed E-state index contributed by atoms with van der Waals surface area (Å²) in [5.74, 6) is -3.70. The Bertz CT molecular complexity index is 2060. The van der Waals surface area contributed by atoms with Crippen LogP contribution in [0.3, 0.4) is 0 Å². The molecule has 0 aliphatic carbocycles. The number of rotatable bonds is 7. The largest absolute Gasteiger partial charge is 0.507 e. The van der Waals surface area contributed by atoms with Gasteiger partial charge in [-0.15, -0.1) is 9.19 Å². The second-order valence-electron chi connectivity index (χ2n) is 9.64. The fourth-order valence-electron chi connectivity index (χ4n) is 4.53. The highest BCUT2D eigenvalue weighted by molar-refractivity contribution is 7.89. The van der Waals surface area contributed by atoms with Crippen molar-refractivity contribution in [2.24, 2.45) is 0 Å². The third-order valence-electron chi connectivity index (χ3n) is 6.51. The van der Waals surface area contributed by atoms with Gasteiger partial charge in [0, 0.05) is 18.0 Å². The maximum absolute atomic E-state index is 15.6. The van der Waals surface area contributed by atoms with E-state index in [1.54, 1.807) is 25.3 Å². The van der Waals surface area contributed by atoms with Crippen molar-refractivity contribution in [3.05, 3.63) is 87.8 Å². The molecule has 5 aromatic rings. The molecule has 0 bridgehead atoms. The Kier molecular flexibility index (Phi) is 7.25. The molecule has 4 heterocycles. The molecule has 0 aliphatic rings. The summed E-state index contributed by atoms with van der Waals surface area (Å²) < 4.78 is 57.8. The highest BCUT2D eigenvalue weighted by Gasteiger charge is 2.25. The van der Waals surface area contributed by atoms with E-state index in [4.69, 9.17) is 5.26 Å². The smallest absolute Gasteiger partial charge is 0.354 e. The minimum Gasteiger partial charge on any atom is -0.507 e. The van der Waals surface area contributed by atoms with Gasteiger partial charge in [-0.2, -0.15) is 10.2 Å². The molecular formula is C27H22F2N8O4S. The van der Waals surface area contributed by atoms with Gasteiger partial charge in [0.25, 0.3) is 15.8 Å². The lowest BCUT2D eigenvalue weighted by Crippen LogP contribution is -2.28. The standard InChI is InChI=1S/C27H22F2N8O4S/c1-14(2)23-25(15(3)7-9-31-23)37-26-16(11-18(29)24(34-26)22-17(28)5-4-6-20(22)38)19(33-27(37)39)8-10-42(40,41)36-13-32-21(12-30)35-36/h4-7,9,11,13-14,38H,8,10H2,1-3H3. The van der Waals surface area contributed by atoms with Gasteiger partial charge in [-0.1, -0.05) is 19.9 Å². The van der Waals surface area contributed by atoms with Gasteiger partial charge in [0.1, 0.15) is 29.7 Å². The van der Waals surface area contributed by atoms with Crippen LogP contribution in [0.2, 0.25) is 0 Å². The van der Waals surface area contributed by atoms with Crippen LogP contribution in [-0.4, -0.2) is 53.0 Å². The van der Waals surface area contributed by atoms with Gasteiger partial charge in [-0.05, 0) is 42.7 Å².